The summed E-state index contributed by atoms with van der Waals surface area (Å²) >= 11 is 0. The van der Waals surface area contributed by atoms with E-state index >= 15 is 0 Å². The zero-order chi connectivity index (χ0) is 19.2. The summed E-state index contributed by atoms with van der Waals surface area (Å²) in [6.45, 7) is 19.4. The topological polar surface area (TPSA) is 52.6 Å². The van der Waals surface area contributed by atoms with Crippen LogP contribution in [-0.4, -0.2) is 115 Å². The summed E-state index contributed by atoms with van der Waals surface area (Å²) in [4.78, 5) is 4.63. The van der Waals surface area contributed by atoms with Crippen LogP contribution in [0.25, 0.3) is 0 Å². The largest absolute Gasteiger partial charge is 0.379 e. The predicted octanol–water partition coefficient (Wildman–Crippen LogP) is 0.813. The molecular formula is C20H36N2O5. The van der Waals surface area contributed by atoms with Gasteiger partial charge in [-0.15, -0.1) is 0 Å². The van der Waals surface area contributed by atoms with E-state index in [1.54, 1.807) is 0 Å². The fraction of sp³-hybridized carbons (Fsp3) is 0.800. The molecule has 7 heteroatoms. The molecule has 7 nitrogen and oxygen atoms in total. The molecule has 0 amide bonds. The Morgan fingerprint density at radius 3 is 1.00 bits per heavy atom. The van der Waals surface area contributed by atoms with Crippen molar-refractivity contribution >= 4 is 0 Å². The molecule has 0 saturated carbocycles. The fourth-order valence-corrected chi connectivity index (χ4v) is 2.88. The minimum absolute atomic E-state index is 0.540. The first kappa shape index (κ1) is 22.5. The van der Waals surface area contributed by atoms with E-state index in [1.165, 1.54) is 0 Å². The second-order valence-corrected chi connectivity index (χ2v) is 7.01. The highest BCUT2D eigenvalue weighted by Crippen LogP contribution is 2.00. The molecule has 0 aromatic carbocycles. The van der Waals surface area contributed by atoms with E-state index in [4.69, 9.17) is 23.7 Å². The number of rotatable bonds is 0. The molecule has 2 rings (SSSR count). The van der Waals surface area contributed by atoms with Crippen molar-refractivity contribution in [3.05, 3.63) is 24.3 Å². The maximum atomic E-state index is 5.85. The van der Waals surface area contributed by atoms with E-state index in [2.05, 4.69) is 23.0 Å². The Labute approximate surface area is 163 Å². The van der Waals surface area contributed by atoms with E-state index in [1.807, 2.05) is 0 Å². The molecule has 0 aromatic rings. The first-order valence-corrected chi connectivity index (χ1v) is 9.91. The highest BCUT2D eigenvalue weighted by Gasteiger charge is 2.10. The Kier molecular flexibility index (Phi) is 11.9. The Bertz CT molecular complexity index is 367. The number of hydrogen-bond acceptors (Lipinski definition) is 7. The van der Waals surface area contributed by atoms with Gasteiger partial charge in [-0.3, -0.25) is 9.80 Å². The van der Waals surface area contributed by atoms with Gasteiger partial charge in [0.15, 0.2) is 0 Å². The number of nitrogens with zero attached hydrogens (tertiary/aromatic N) is 2. The maximum Gasteiger partial charge on any atom is 0.0696 e. The smallest absolute Gasteiger partial charge is 0.0696 e. The Hall–Kier alpha value is -0.800. The molecule has 0 radical (unpaired) electrons. The van der Waals surface area contributed by atoms with E-state index in [9.17, 15) is 0 Å². The normalized spacial score (nSPS) is 29.5. The average Bonchev–Trinajstić information content (AvgIpc) is 2.65. The molecule has 0 aromatic heterocycles. The predicted molar refractivity (Wildman–Crippen MR) is 105 cm³/mol. The molecule has 0 spiro atoms. The third-order valence-corrected chi connectivity index (χ3v) is 4.54. The lowest BCUT2D eigenvalue weighted by molar-refractivity contribution is 0.0304. The van der Waals surface area contributed by atoms with Gasteiger partial charge < -0.3 is 23.7 Å². The number of hydrogen-bond donors (Lipinski definition) is 0. The van der Waals surface area contributed by atoms with Crippen LogP contribution in [0.3, 0.4) is 0 Å². The lowest BCUT2D eigenvalue weighted by Gasteiger charge is -2.25. The number of ether oxygens (including phenoxy) is 5. The molecular weight excluding hydrogens is 348 g/mol. The van der Waals surface area contributed by atoms with E-state index in [0.717, 1.165) is 50.4 Å². The lowest BCUT2D eigenvalue weighted by Crippen LogP contribution is -2.37. The molecule has 2 saturated heterocycles. The molecule has 0 aliphatic carbocycles. The zero-order valence-corrected chi connectivity index (χ0v) is 16.7. The Balaban J connectivity index is 1.94. The second-order valence-electron chi connectivity index (χ2n) is 7.01. The van der Waals surface area contributed by atoms with Crippen LogP contribution in [-0.2, 0) is 23.7 Å². The third-order valence-electron chi connectivity index (χ3n) is 4.54. The van der Waals surface area contributed by atoms with Crippen molar-refractivity contribution in [1.29, 1.82) is 0 Å². The first-order chi connectivity index (χ1) is 13.2. The molecule has 0 atom stereocenters. The van der Waals surface area contributed by atoms with Gasteiger partial charge in [0.25, 0.3) is 0 Å². The lowest BCUT2D eigenvalue weighted by atomic mass is 10.3. The van der Waals surface area contributed by atoms with Crippen molar-refractivity contribution in [2.45, 2.75) is 0 Å². The van der Waals surface area contributed by atoms with Crippen molar-refractivity contribution in [3.63, 3.8) is 0 Å². The van der Waals surface area contributed by atoms with Gasteiger partial charge in [0.05, 0.1) is 66.1 Å². The minimum Gasteiger partial charge on any atom is -0.379 e. The molecule has 156 valence electrons. The highest BCUT2D eigenvalue weighted by molar-refractivity contribution is 4.95. The van der Waals surface area contributed by atoms with E-state index in [0.29, 0.717) is 66.1 Å². The molecule has 0 N–H and O–H groups in total. The molecule has 27 heavy (non-hydrogen) atoms. The highest BCUT2D eigenvalue weighted by atomic mass is 16.5. The van der Waals surface area contributed by atoms with Gasteiger partial charge in [-0.05, 0) is 11.1 Å². The summed E-state index contributed by atoms with van der Waals surface area (Å²) in [5.41, 5.74) is 1.95. The van der Waals surface area contributed by atoms with Crippen LogP contribution < -0.4 is 0 Å². The summed E-state index contributed by atoms with van der Waals surface area (Å²) in [5, 5.41) is 0. The average molecular weight is 385 g/mol. The molecule has 2 aliphatic heterocycles. The van der Waals surface area contributed by atoms with Crippen LogP contribution in [0.1, 0.15) is 0 Å². The van der Waals surface area contributed by atoms with Gasteiger partial charge in [-0.2, -0.15) is 0 Å². The minimum atomic E-state index is 0.540. The van der Waals surface area contributed by atoms with Gasteiger partial charge in [0.2, 0.25) is 0 Å². The quantitative estimate of drug-likeness (QED) is 0.453. The van der Waals surface area contributed by atoms with E-state index in [-0.39, 0.29) is 0 Å². The van der Waals surface area contributed by atoms with Crippen LogP contribution in [0.15, 0.2) is 24.3 Å². The molecule has 2 aliphatic rings. The Morgan fingerprint density at radius 2 is 0.704 bits per heavy atom. The summed E-state index contributed by atoms with van der Waals surface area (Å²) in [6.07, 6.45) is 0. The monoisotopic (exact) mass is 384 g/mol. The van der Waals surface area contributed by atoms with Gasteiger partial charge >= 0.3 is 0 Å². The second kappa shape index (κ2) is 14.2. The molecule has 2 fully saturated rings. The van der Waals surface area contributed by atoms with Gasteiger partial charge in [-0.1, -0.05) is 13.2 Å². The molecule has 2 bridgehead atoms. The van der Waals surface area contributed by atoms with Crippen LogP contribution in [0.2, 0.25) is 0 Å². The first-order valence-electron chi connectivity index (χ1n) is 9.91. The van der Waals surface area contributed by atoms with Crippen molar-refractivity contribution in [3.8, 4) is 0 Å². The maximum absolute atomic E-state index is 5.85. The van der Waals surface area contributed by atoms with Crippen LogP contribution in [0, 0.1) is 0 Å². The van der Waals surface area contributed by atoms with Crippen LogP contribution >= 0.6 is 0 Å². The summed E-state index contributed by atoms with van der Waals surface area (Å²) in [7, 11) is 0. The Morgan fingerprint density at radius 1 is 0.444 bits per heavy atom. The van der Waals surface area contributed by atoms with E-state index < -0.39 is 0 Å². The van der Waals surface area contributed by atoms with Crippen molar-refractivity contribution in [2.24, 2.45) is 0 Å². The summed E-state index contributed by atoms with van der Waals surface area (Å²) < 4.78 is 28.8. The number of fused-ring (bicyclic) bond motifs is 6. The van der Waals surface area contributed by atoms with Gasteiger partial charge in [-0.25, -0.2) is 0 Å². The standard InChI is InChI=1S/C20H36N2O5/c1-19-15-24-11-5-21-3-9-23-10-4-22(6-12-25-16-19)8-14-27-18-20(2)17-26-13-7-21/h1-18H2. The third kappa shape index (κ3) is 10.9. The fourth-order valence-electron chi connectivity index (χ4n) is 2.88. The van der Waals surface area contributed by atoms with Gasteiger partial charge in [0.1, 0.15) is 0 Å². The summed E-state index contributed by atoms with van der Waals surface area (Å²) in [5.74, 6) is 0. The SMILES string of the molecule is C=C1COCCN2CCOCCN(CCOC1)CCOCC(=C)COCC2. The van der Waals surface area contributed by atoms with Crippen molar-refractivity contribution < 1.29 is 23.7 Å². The summed E-state index contributed by atoms with van der Waals surface area (Å²) in [6, 6.07) is 0. The molecule has 2 heterocycles. The van der Waals surface area contributed by atoms with Crippen molar-refractivity contribution in [2.75, 3.05) is 105 Å². The molecule has 0 unspecified atom stereocenters. The van der Waals surface area contributed by atoms with Crippen LogP contribution in [0.5, 0.6) is 0 Å². The van der Waals surface area contributed by atoms with Gasteiger partial charge in [0, 0.05) is 39.3 Å². The van der Waals surface area contributed by atoms with Crippen molar-refractivity contribution in [1.82, 2.24) is 9.80 Å². The zero-order valence-electron chi connectivity index (χ0n) is 16.7. The van der Waals surface area contributed by atoms with Crippen LogP contribution in [0.4, 0.5) is 0 Å².